The van der Waals surface area contributed by atoms with Crippen molar-refractivity contribution in [2.45, 2.75) is 13.2 Å². The van der Waals surface area contributed by atoms with Crippen LogP contribution in [-0.4, -0.2) is 56.2 Å². The maximum atomic E-state index is 12.4. The highest BCUT2D eigenvalue weighted by molar-refractivity contribution is 5.88. The Balaban J connectivity index is 0.876. The Hall–Kier alpha value is -7.01. The average Bonchev–Trinajstić information content (AvgIpc) is 3.79. The fourth-order valence-electron chi connectivity index (χ4n) is 5.17. The molecular formula is C36H30N10O4. The van der Waals surface area contributed by atoms with Crippen molar-refractivity contribution in [1.29, 1.82) is 0 Å². The number of fused-ring (bicyclic) bond motifs is 3. The number of aromatic nitrogens is 6. The lowest BCUT2D eigenvalue weighted by Gasteiger charge is -2.19. The Morgan fingerprint density at radius 1 is 1.02 bits per heavy atom. The van der Waals surface area contributed by atoms with Crippen LogP contribution in [0.4, 0.5) is 16.4 Å². The number of H-pyrrole nitrogens is 1. The Morgan fingerprint density at radius 2 is 1.86 bits per heavy atom. The van der Waals surface area contributed by atoms with Crippen LogP contribution in [-0.2, 0) is 17.9 Å². The first kappa shape index (κ1) is 31.6. The van der Waals surface area contributed by atoms with Gasteiger partial charge >= 0.3 is 6.09 Å². The second-order valence-electron chi connectivity index (χ2n) is 11.2. The third-order valence-electron chi connectivity index (χ3n) is 7.82. The standard InChI is InChI=1S/C36H30N10O4/c1-38-29(33-43-28-5-3-4-6-30(28)50-33)18-25-12-11-24-17-26(13-14-27(24)42-25)46(2)15-16-48-36(47)39-19-22-7-9-23(10-8-22)20-49-34-31-32(41-21-40-31)44-35(37)45-34/h3-14,17-18,21H,15-16,19-20H2,2H3,(H,39,47)(H3,37,40,41,44,45)/b29-18-. The van der Waals surface area contributed by atoms with Crippen LogP contribution < -0.4 is 20.7 Å². The number of hydrogen-bond donors (Lipinski definition) is 3. The number of alkyl carbamates (subject to hydrolysis) is 1. The van der Waals surface area contributed by atoms with E-state index in [2.05, 4.69) is 35.1 Å². The van der Waals surface area contributed by atoms with Crippen molar-refractivity contribution in [3.8, 4) is 5.88 Å². The van der Waals surface area contributed by atoms with E-state index >= 15 is 0 Å². The second-order valence-corrected chi connectivity index (χ2v) is 11.2. The Morgan fingerprint density at radius 3 is 2.70 bits per heavy atom. The van der Waals surface area contributed by atoms with E-state index in [1.807, 2.05) is 90.8 Å². The highest BCUT2D eigenvalue weighted by Gasteiger charge is 2.13. The van der Waals surface area contributed by atoms with Crippen LogP contribution in [0, 0.1) is 6.57 Å². The zero-order valence-corrected chi connectivity index (χ0v) is 26.8. The largest absolute Gasteiger partial charge is 0.471 e. The Bertz CT molecular complexity index is 2360. The van der Waals surface area contributed by atoms with Crippen LogP contribution in [0.2, 0.25) is 0 Å². The van der Waals surface area contributed by atoms with Gasteiger partial charge in [-0.1, -0.05) is 42.5 Å². The molecule has 1 amide bonds. The number of likely N-dealkylation sites (N-methyl/N-ethyl adjacent to an activating group) is 1. The molecule has 4 aromatic heterocycles. The van der Waals surface area contributed by atoms with Gasteiger partial charge in [0.1, 0.15) is 24.2 Å². The zero-order chi connectivity index (χ0) is 34.5. The summed E-state index contributed by atoms with van der Waals surface area (Å²) in [4.78, 5) is 42.4. The number of hydrogen-bond acceptors (Lipinski definition) is 11. The van der Waals surface area contributed by atoms with Crippen LogP contribution >= 0.6 is 0 Å². The molecule has 0 aliphatic carbocycles. The Labute approximate surface area is 285 Å². The molecule has 4 heterocycles. The van der Waals surface area contributed by atoms with Gasteiger partial charge in [0.15, 0.2) is 11.2 Å². The third-order valence-corrected chi connectivity index (χ3v) is 7.82. The monoisotopic (exact) mass is 666 g/mol. The van der Waals surface area contributed by atoms with E-state index in [-0.39, 0.29) is 30.7 Å². The lowest BCUT2D eigenvalue weighted by molar-refractivity contribution is 0.148. The van der Waals surface area contributed by atoms with E-state index in [0.29, 0.717) is 46.9 Å². The van der Waals surface area contributed by atoms with Gasteiger partial charge in [-0.2, -0.15) is 9.97 Å². The van der Waals surface area contributed by atoms with E-state index in [1.165, 1.54) is 6.33 Å². The number of nitrogens with one attached hydrogen (secondary N) is 2. The van der Waals surface area contributed by atoms with Gasteiger partial charge in [0, 0.05) is 24.7 Å². The molecule has 7 rings (SSSR count). The van der Waals surface area contributed by atoms with Crippen molar-refractivity contribution in [3.05, 3.63) is 119 Å². The number of imidazole rings is 1. The number of benzene rings is 3. The molecular weight excluding hydrogens is 636 g/mol. The SMILES string of the molecule is [C-]#[N+]/C(=C\c1ccc2cc(N(C)CCOC(=O)NCc3ccc(COc4nc(N)nc5nc[nH]c45)cc3)ccc2n1)c1nc2ccccc2o1. The molecule has 0 radical (unpaired) electrons. The van der Waals surface area contributed by atoms with E-state index in [9.17, 15) is 4.79 Å². The number of nitrogens with two attached hydrogens (primary N) is 1. The van der Waals surface area contributed by atoms with Gasteiger partial charge in [-0.05, 0) is 53.6 Å². The van der Waals surface area contributed by atoms with E-state index < -0.39 is 6.09 Å². The molecule has 0 aliphatic rings. The van der Waals surface area contributed by atoms with Crippen LogP contribution in [0.5, 0.6) is 5.88 Å². The molecule has 0 atom stereocenters. The van der Waals surface area contributed by atoms with Gasteiger partial charge in [-0.3, -0.25) is 0 Å². The first-order chi connectivity index (χ1) is 24.4. The van der Waals surface area contributed by atoms with E-state index in [4.69, 9.17) is 31.2 Å². The number of ether oxygens (including phenoxy) is 2. The molecule has 0 saturated heterocycles. The van der Waals surface area contributed by atoms with Gasteiger partial charge in [0.25, 0.3) is 0 Å². The van der Waals surface area contributed by atoms with Gasteiger partial charge in [-0.25, -0.2) is 24.6 Å². The minimum atomic E-state index is -0.504. The van der Waals surface area contributed by atoms with Crippen molar-refractivity contribution in [2.24, 2.45) is 0 Å². The molecule has 4 N–H and O–H groups in total. The molecule has 0 aliphatic heterocycles. The number of nitrogen functional groups attached to an aromatic ring is 1. The number of anilines is 2. The number of oxazole rings is 1. The van der Waals surface area contributed by atoms with Crippen molar-refractivity contribution in [1.82, 2.24) is 35.2 Å². The van der Waals surface area contributed by atoms with Gasteiger partial charge in [0.05, 0.1) is 30.7 Å². The summed E-state index contributed by atoms with van der Waals surface area (Å²) in [6.45, 7) is 8.91. The smallest absolute Gasteiger partial charge is 0.407 e. The zero-order valence-electron chi connectivity index (χ0n) is 26.8. The van der Waals surface area contributed by atoms with Crippen LogP contribution in [0.15, 0.2) is 89.6 Å². The molecule has 0 fully saturated rings. The highest BCUT2D eigenvalue weighted by Crippen LogP contribution is 2.26. The van der Waals surface area contributed by atoms with Crippen molar-refractivity contribution >= 4 is 62.7 Å². The molecule has 14 heteroatoms. The molecule has 3 aromatic carbocycles. The van der Waals surface area contributed by atoms with Crippen molar-refractivity contribution in [3.63, 3.8) is 0 Å². The predicted molar refractivity (Wildman–Crippen MR) is 189 cm³/mol. The van der Waals surface area contributed by atoms with Crippen molar-refractivity contribution < 1.29 is 18.7 Å². The lowest BCUT2D eigenvalue weighted by Crippen LogP contribution is -2.28. The third kappa shape index (κ3) is 7.11. The maximum Gasteiger partial charge on any atom is 0.407 e. The first-order valence-electron chi connectivity index (χ1n) is 15.6. The summed E-state index contributed by atoms with van der Waals surface area (Å²) >= 11 is 0. The average molecular weight is 667 g/mol. The van der Waals surface area contributed by atoms with Crippen LogP contribution in [0.1, 0.15) is 22.7 Å². The molecule has 0 spiro atoms. The fourth-order valence-corrected chi connectivity index (χ4v) is 5.17. The number of carbonyl (C=O) groups excluding carboxylic acids is 1. The molecule has 14 nitrogen and oxygen atoms in total. The number of aromatic amines is 1. The summed E-state index contributed by atoms with van der Waals surface area (Å²) in [5.74, 6) is 0.673. The minimum Gasteiger partial charge on any atom is -0.471 e. The fraction of sp³-hybridized carbons (Fsp3) is 0.139. The number of amides is 1. The van der Waals surface area contributed by atoms with Crippen LogP contribution in [0.3, 0.4) is 0 Å². The number of rotatable bonds is 11. The summed E-state index contributed by atoms with van der Waals surface area (Å²) in [5, 5.41) is 3.72. The molecule has 7 aromatic rings. The molecule has 248 valence electrons. The van der Waals surface area contributed by atoms with Crippen LogP contribution in [0.25, 0.3) is 49.8 Å². The Kier molecular flexibility index (Phi) is 8.84. The summed E-state index contributed by atoms with van der Waals surface area (Å²) in [5.41, 5.74) is 12.5. The minimum absolute atomic E-state index is 0.0846. The van der Waals surface area contributed by atoms with Gasteiger partial charge in [-0.15, -0.1) is 0 Å². The number of para-hydroxylation sites is 2. The van der Waals surface area contributed by atoms with E-state index in [1.54, 1.807) is 6.08 Å². The normalized spacial score (nSPS) is 11.5. The summed E-state index contributed by atoms with van der Waals surface area (Å²) in [6.07, 6.45) is 2.67. The maximum absolute atomic E-state index is 12.4. The molecule has 0 saturated carbocycles. The van der Waals surface area contributed by atoms with Gasteiger partial charge < -0.3 is 34.8 Å². The molecule has 0 bridgehead atoms. The summed E-state index contributed by atoms with van der Waals surface area (Å²) in [6, 6.07) is 24.7. The van der Waals surface area contributed by atoms with Gasteiger partial charge in [0.2, 0.25) is 23.4 Å². The predicted octanol–water partition coefficient (Wildman–Crippen LogP) is 5.98. The highest BCUT2D eigenvalue weighted by atomic mass is 16.5. The lowest BCUT2D eigenvalue weighted by atomic mass is 10.1. The van der Waals surface area contributed by atoms with Crippen molar-refractivity contribution in [2.75, 3.05) is 30.8 Å². The number of pyridine rings is 1. The topological polar surface area (TPSA) is 175 Å². The first-order valence-corrected chi connectivity index (χ1v) is 15.6. The number of carbonyl (C=O) groups is 1. The summed E-state index contributed by atoms with van der Waals surface area (Å²) in [7, 11) is 1.93. The summed E-state index contributed by atoms with van der Waals surface area (Å²) < 4.78 is 17.0. The second kappa shape index (κ2) is 14.0. The molecule has 50 heavy (non-hydrogen) atoms. The molecule has 0 unspecified atom stereocenters. The quantitative estimate of drug-likeness (QED) is 0.138. The van der Waals surface area contributed by atoms with E-state index in [0.717, 1.165) is 27.7 Å². The number of nitrogens with zero attached hydrogens (tertiary/aromatic N) is 7.